The SMILES string of the molecule is CC(=O)NCCC=Cc1ccnc(F)c1. The molecule has 0 aliphatic rings. The summed E-state index contributed by atoms with van der Waals surface area (Å²) in [7, 11) is 0. The molecule has 3 nitrogen and oxygen atoms in total. The molecule has 0 saturated heterocycles. The highest BCUT2D eigenvalue weighted by atomic mass is 19.1. The molecule has 0 fully saturated rings. The van der Waals surface area contributed by atoms with Gasteiger partial charge in [-0.2, -0.15) is 4.39 Å². The number of nitrogens with zero attached hydrogens (tertiary/aromatic N) is 1. The van der Waals surface area contributed by atoms with Crippen molar-refractivity contribution in [2.24, 2.45) is 0 Å². The first-order chi connectivity index (χ1) is 7.18. The Kier molecular flexibility index (Phi) is 4.47. The number of amides is 1. The first-order valence-corrected chi connectivity index (χ1v) is 4.71. The maximum Gasteiger partial charge on any atom is 0.216 e. The van der Waals surface area contributed by atoms with Crippen LogP contribution in [-0.2, 0) is 4.79 Å². The maximum atomic E-state index is 12.6. The summed E-state index contributed by atoms with van der Waals surface area (Å²) < 4.78 is 12.6. The minimum atomic E-state index is -0.487. The van der Waals surface area contributed by atoms with Crippen LogP contribution in [0.25, 0.3) is 6.08 Å². The van der Waals surface area contributed by atoms with E-state index in [0.29, 0.717) is 6.54 Å². The van der Waals surface area contributed by atoms with Crippen LogP contribution >= 0.6 is 0 Å². The average Bonchev–Trinajstić information content (AvgIpc) is 2.17. The molecular formula is C11H13FN2O. The van der Waals surface area contributed by atoms with E-state index >= 15 is 0 Å². The van der Waals surface area contributed by atoms with Crippen molar-refractivity contribution >= 4 is 12.0 Å². The van der Waals surface area contributed by atoms with E-state index in [1.54, 1.807) is 12.1 Å². The number of halogens is 1. The fourth-order valence-corrected chi connectivity index (χ4v) is 1.07. The lowest BCUT2D eigenvalue weighted by atomic mass is 10.2. The van der Waals surface area contributed by atoms with Crippen molar-refractivity contribution in [3.63, 3.8) is 0 Å². The zero-order chi connectivity index (χ0) is 11.1. The predicted molar refractivity (Wildman–Crippen MR) is 56.5 cm³/mol. The van der Waals surface area contributed by atoms with E-state index in [2.05, 4.69) is 10.3 Å². The van der Waals surface area contributed by atoms with Crippen LogP contribution in [0.1, 0.15) is 18.9 Å². The molecule has 1 amide bonds. The van der Waals surface area contributed by atoms with Gasteiger partial charge in [-0.25, -0.2) is 4.98 Å². The van der Waals surface area contributed by atoms with E-state index in [1.807, 2.05) is 6.08 Å². The number of pyridine rings is 1. The molecule has 0 bridgehead atoms. The molecule has 80 valence electrons. The number of hydrogen-bond acceptors (Lipinski definition) is 2. The Bertz CT molecular complexity index is 363. The second-order valence-electron chi connectivity index (χ2n) is 3.09. The van der Waals surface area contributed by atoms with E-state index in [9.17, 15) is 9.18 Å². The van der Waals surface area contributed by atoms with Gasteiger partial charge in [0.15, 0.2) is 0 Å². The molecule has 0 unspecified atom stereocenters. The lowest BCUT2D eigenvalue weighted by Gasteiger charge is -1.97. The van der Waals surface area contributed by atoms with Gasteiger partial charge in [-0.3, -0.25) is 4.79 Å². The minimum absolute atomic E-state index is 0.0432. The maximum absolute atomic E-state index is 12.6. The third-order valence-electron chi connectivity index (χ3n) is 1.75. The van der Waals surface area contributed by atoms with E-state index in [0.717, 1.165) is 12.0 Å². The third-order valence-corrected chi connectivity index (χ3v) is 1.75. The van der Waals surface area contributed by atoms with Gasteiger partial charge in [-0.05, 0) is 18.1 Å². The van der Waals surface area contributed by atoms with E-state index < -0.39 is 5.95 Å². The molecule has 0 atom stereocenters. The van der Waals surface area contributed by atoms with Crippen LogP contribution in [0, 0.1) is 5.95 Å². The molecule has 0 saturated carbocycles. The molecule has 0 spiro atoms. The van der Waals surface area contributed by atoms with Crippen LogP contribution in [0.4, 0.5) is 4.39 Å². The average molecular weight is 208 g/mol. The van der Waals surface area contributed by atoms with Crippen LogP contribution in [0.15, 0.2) is 24.4 Å². The highest BCUT2D eigenvalue weighted by Gasteiger charge is 1.91. The number of rotatable bonds is 4. The molecule has 4 heteroatoms. The number of hydrogen-bond donors (Lipinski definition) is 1. The smallest absolute Gasteiger partial charge is 0.216 e. The van der Waals surface area contributed by atoms with Crippen LogP contribution in [0.5, 0.6) is 0 Å². The summed E-state index contributed by atoms with van der Waals surface area (Å²) in [6.45, 7) is 2.07. The third kappa shape index (κ3) is 4.90. The fraction of sp³-hybridized carbons (Fsp3) is 0.273. The number of carbonyl (C=O) groups excluding carboxylic acids is 1. The Labute approximate surface area is 88.0 Å². The van der Waals surface area contributed by atoms with Gasteiger partial charge in [0.25, 0.3) is 0 Å². The molecule has 0 aliphatic carbocycles. The minimum Gasteiger partial charge on any atom is -0.356 e. The summed E-state index contributed by atoms with van der Waals surface area (Å²) in [6.07, 6.45) is 5.82. The lowest BCUT2D eigenvalue weighted by molar-refractivity contribution is -0.118. The normalized spacial score (nSPS) is 10.5. The molecule has 1 heterocycles. The number of carbonyl (C=O) groups is 1. The van der Waals surface area contributed by atoms with Crippen molar-refractivity contribution in [1.29, 1.82) is 0 Å². The van der Waals surface area contributed by atoms with E-state index in [1.165, 1.54) is 19.2 Å². The molecule has 1 aromatic rings. The molecular weight excluding hydrogens is 195 g/mol. The Morgan fingerprint density at radius 3 is 3.13 bits per heavy atom. The fourth-order valence-electron chi connectivity index (χ4n) is 1.07. The van der Waals surface area contributed by atoms with Gasteiger partial charge in [0, 0.05) is 25.7 Å². The Balaban J connectivity index is 2.35. The zero-order valence-electron chi connectivity index (χ0n) is 8.53. The summed E-state index contributed by atoms with van der Waals surface area (Å²) in [5.41, 5.74) is 0.769. The van der Waals surface area contributed by atoms with Gasteiger partial charge in [0.2, 0.25) is 11.9 Å². The molecule has 0 aliphatic heterocycles. The van der Waals surface area contributed by atoms with Gasteiger partial charge in [-0.15, -0.1) is 0 Å². The highest BCUT2D eigenvalue weighted by Crippen LogP contribution is 2.02. The molecule has 0 radical (unpaired) electrons. The van der Waals surface area contributed by atoms with E-state index in [4.69, 9.17) is 0 Å². The summed E-state index contributed by atoms with van der Waals surface area (Å²) in [5, 5.41) is 2.67. The second-order valence-corrected chi connectivity index (χ2v) is 3.09. The topological polar surface area (TPSA) is 42.0 Å². The molecule has 1 N–H and O–H groups in total. The van der Waals surface area contributed by atoms with Crippen molar-refractivity contribution in [3.05, 3.63) is 35.9 Å². The van der Waals surface area contributed by atoms with Gasteiger partial charge in [0.05, 0.1) is 0 Å². The van der Waals surface area contributed by atoms with Crippen LogP contribution in [0.2, 0.25) is 0 Å². The monoisotopic (exact) mass is 208 g/mol. The van der Waals surface area contributed by atoms with Crippen molar-refractivity contribution in [3.8, 4) is 0 Å². The van der Waals surface area contributed by atoms with Gasteiger partial charge in [0.1, 0.15) is 0 Å². The Morgan fingerprint density at radius 2 is 2.47 bits per heavy atom. The molecule has 1 aromatic heterocycles. The predicted octanol–water partition coefficient (Wildman–Crippen LogP) is 1.76. The lowest BCUT2D eigenvalue weighted by Crippen LogP contribution is -2.20. The van der Waals surface area contributed by atoms with Gasteiger partial charge >= 0.3 is 0 Å². The van der Waals surface area contributed by atoms with E-state index in [-0.39, 0.29) is 5.91 Å². The van der Waals surface area contributed by atoms with Crippen LogP contribution in [0.3, 0.4) is 0 Å². The first-order valence-electron chi connectivity index (χ1n) is 4.71. The summed E-state index contributed by atoms with van der Waals surface area (Å²) >= 11 is 0. The number of aromatic nitrogens is 1. The van der Waals surface area contributed by atoms with Crippen molar-refractivity contribution < 1.29 is 9.18 Å². The van der Waals surface area contributed by atoms with Crippen LogP contribution < -0.4 is 5.32 Å². The summed E-state index contributed by atoms with van der Waals surface area (Å²) in [6, 6.07) is 3.08. The standard InChI is InChI=1S/C11H13FN2O/c1-9(15)13-6-3-2-4-10-5-7-14-11(12)8-10/h2,4-5,7-8H,3,6H2,1H3,(H,13,15). The summed E-state index contributed by atoms with van der Waals surface area (Å²) in [4.78, 5) is 14.0. The van der Waals surface area contributed by atoms with Crippen molar-refractivity contribution in [2.45, 2.75) is 13.3 Å². The molecule has 0 aromatic carbocycles. The highest BCUT2D eigenvalue weighted by molar-refractivity contribution is 5.72. The summed E-state index contributed by atoms with van der Waals surface area (Å²) in [5.74, 6) is -0.530. The van der Waals surface area contributed by atoms with Gasteiger partial charge in [-0.1, -0.05) is 12.2 Å². The van der Waals surface area contributed by atoms with Crippen LogP contribution in [-0.4, -0.2) is 17.4 Å². The van der Waals surface area contributed by atoms with Gasteiger partial charge < -0.3 is 5.32 Å². The quantitative estimate of drug-likeness (QED) is 0.605. The first kappa shape index (κ1) is 11.4. The molecule has 15 heavy (non-hydrogen) atoms. The molecule has 1 rings (SSSR count). The zero-order valence-corrected chi connectivity index (χ0v) is 8.53. The Hall–Kier alpha value is -1.71. The second kappa shape index (κ2) is 5.90. The number of nitrogens with one attached hydrogen (secondary N) is 1. The van der Waals surface area contributed by atoms with Crippen molar-refractivity contribution in [1.82, 2.24) is 10.3 Å². The Morgan fingerprint density at radius 1 is 1.67 bits per heavy atom. The largest absolute Gasteiger partial charge is 0.356 e. The van der Waals surface area contributed by atoms with Crippen molar-refractivity contribution in [2.75, 3.05) is 6.54 Å².